The first-order valence-corrected chi connectivity index (χ1v) is 11.1. The molecule has 158 valence electrons. The Balaban J connectivity index is 1.66. The largest absolute Gasteiger partial charge is 0.289 e. The van der Waals surface area contributed by atoms with Gasteiger partial charge in [-0.05, 0) is 41.8 Å². The van der Waals surface area contributed by atoms with Gasteiger partial charge in [0.15, 0.2) is 5.78 Å². The van der Waals surface area contributed by atoms with Gasteiger partial charge in [-0.15, -0.1) is 0 Å². The lowest BCUT2D eigenvalue weighted by molar-refractivity contribution is -0.133. The Labute approximate surface area is 180 Å². The molecule has 0 spiro atoms. The number of hydrogen-bond acceptors (Lipinski definition) is 5. The van der Waals surface area contributed by atoms with Crippen molar-refractivity contribution in [2.24, 2.45) is 0 Å². The number of carbonyl (C=O) groups is 2. The predicted octanol–water partition coefficient (Wildman–Crippen LogP) is 2.54. The molecule has 31 heavy (non-hydrogen) atoms. The number of ketones is 1. The maximum absolute atomic E-state index is 13.4. The van der Waals surface area contributed by atoms with Crippen LogP contribution in [0.3, 0.4) is 0 Å². The SMILES string of the molecule is O=C(c1ccccc1)c1ccc(S(=O)(=O)N2Cc3ccccc3CC2C(=O)NO)cc1. The average molecular weight is 436 g/mol. The number of hydrogen-bond donors (Lipinski definition) is 2. The van der Waals surface area contributed by atoms with E-state index in [0.717, 1.165) is 15.4 Å². The van der Waals surface area contributed by atoms with Crippen LogP contribution in [0.2, 0.25) is 0 Å². The first kappa shape index (κ1) is 20.9. The van der Waals surface area contributed by atoms with Crippen LogP contribution in [-0.2, 0) is 27.8 Å². The van der Waals surface area contributed by atoms with Crippen LogP contribution in [0.4, 0.5) is 0 Å². The van der Waals surface area contributed by atoms with Crippen molar-refractivity contribution in [1.82, 2.24) is 9.79 Å². The number of hydroxylamine groups is 1. The molecule has 3 aromatic carbocycles. The standard InChI is InChI=1S/C23H20N2O5S/c26-22(16-6-2-1-3-7-16)17-10-12-20(13-11-17)31(29,30)25-15-19-9-5-4-8-18(19)14-21(25)23(27)24-28/h1-13,21,28H,14-15H2,(H,24,27). The third-order valence-corrected chi connectivity index (χ3v) is 7.25. The van der Waals surface area contributed by atoms with Crippen molar-refractivity contribution in [2.75, 3.05) is 0 Å². The molecule has 0 aliphatic carbocycles. The summed E-state index contributed by atoms with van der Waals surface area (Å²) < 4.78 is 27.8. The molecule has 3 aromatic rings. The van der Waals surface area contributed by atoms with Gasteiger partial charge in [-0.1, -0.05) is 54.6 Å². The number of rotatable bonds is 5. The lowest BCUT2D eigenvalue weighted by Crippen LogP contribution is -2.51. The molecule has 1 unspecified atom stereocenters. The first-order chi connectivity index (χ1) is 14.9. The molecular weight excluding hydrogens is 416 g/mol. The molecule has 0 aromatic heterocycles. The zero-order valence-corrected chi connectivity index (χ0v) is 17.2. The highest BCUT2D eigenvalue weighted by atomic mass is 32.2. The van der Waals surface area contributed by atoms with Crippen LogP contribution in [0, 0.1) is 0 Å². The molecule has 1 amide bonds. The van der Waals surface area contributed by atoms with Gasteiger partial charge in [-0.25, -0.2) is 13.9 Å². The molecule has 7 nitrogen and oxygen atoms in total. The number of nitrogens with zero attached hydrogens (tertiary/aromatic N) is 1. The second-order valence-electron chi connectivity index (χ2n) is 7.23. The molecule has 0 saturated heterocycles. The van der Waals surface area contributed by atoms with Crippen molar-refractivity contribution in [1.29, 1.82) is 0 Å². The minimum atomic E-state index is -4.07. The van der Waals surface area contributed by atoms with E-state index < -0.39 is 22.0 Å². The molecule has 0 radical (unpaired) electrons. The van der Waals surface area contributed by atoms with E-state index in [1.807, 2.05) is 24.3 Å². The normalized spacial score (nSPS) is 16.4. The Hall–Kier alpha value is -3.33. The third-order valence-electron chi connectivity index (χ3n) is 5.38. The van der Waals surface area contributed by atoms with Crippen LogP contribution in [0.25, 0.3) is 0 Å². The molecule has 1 heterocycles. The van der Waals surface area contributed by atoms with Gasteiger partial charge in [-0.3, -0.25) is 14.8 Å². The maximum atomic E-state index is 13.4. The van der Waals surface area contributed by atoms with E-state index in [0.29, 0.717) is 11.1 Å². The fraction of sp³-hybridized carbons (Fsp3) is 0.130. The smallest absolute Gasteiger partial charge is 0.262 e. The van der Waals surface area contributed by atoms with Crippen LogP contribution in [0.1, 0.15) is 27.0 Å². The van der Waals surface area contributed by atoms with Crippen molar-refractivity contribution >= 4 is 21.7 Å². The van der Waals surface area contributed by atoms with Gasteiger partial charge in [0.1, 0.15) is 6.04 Å². The van der Waals surface area contributed by atoms with Gasteiger partial charge < -0.3 is 0 Å². The van der Waals surface area contributed by atoms with E-state index in [2.05, 4.69) is 0 Å². The number of nitrogens with one attached hydrogen (secondary N) is 1. The molecule has 0 bridgehead atoms. The lowest BCUT2D eigenvalue weighted by Gasteiger charge is -2.34. The van der Waals surface area contributed by atoms with Crippen LogP contribution in [0.5, 0.6) is 0 Å². The second kappa shape index (κ2) is 8.43. The minimum Gasteiger partial charge on any atom is -0.289 e. The highest BCUT2D eigenvalue weighted by Crippen LogP contribution is 2.29. The monoisotopic (exact) mass is 436 g/mol. The number of amides is 1. The lowest BCUT2D eigenvalue weighted by atomic mass is 9.95. The minimum absolute atomic E-state index is 0.00128. The fourth-order valence-electron chi connectivity index (χ4n) is 3.72. The predicted molar refractivity (Wildman–Crippen MR) is 113 cm³/mol. The first-order valence-electron chi connectivity index (χ1n) is 9.64. The number of carbonyl (C=O) groups excluding carboxylic acids is 2. The van der Waals surface area contributed by atoms with E-state index >= 15 is 0 Å². The Morgan fingerprint density at radius 2 is 1.42 bits per heavy atom. The van der Waals surface area contributed by atoms with Crippen LogP contribution in [0.15, 0.2) is 83.8 Å². The topological polar surface area (TPSA) is 104 Å². The summed E-state index contributed by atoms with van der Waals surface area (Å²) >= 11 is 0. The summed E-state index contributed by atoms with van der Waals surface area (Å²) in [6, 6.07) is 20.5. The van der Waals surface area contributed by atoms with Crippen molar-refractivity contribution < 1.29 is 23.2 Å². The molecule has 8 heteroatoms. The van der Waals surface area contributed by atoms with Gasteiger partial charge in [0.2, 0.25) is 10.0 Å². The van der Waals surface area contributed by atoms with Gasteiger partial charge in [-0.2, -0.15) is 4.31 Å². The van der Waals surface area contributed by atoms with Gasteiger partial charge in [0.05, 0.1) is 4.90 Å². The van der Waals surface area contributed by atoms with E-state index in [9.17, 15) is 18.0 Å². The highest BCUT2D eigenvalue weighted by Gasteiger charge is 2.39. The number of fused-ring (bicyclic) bond motifs is 1. The summed E-state index contributed by atoms with van der Waals surface area (Å²) in [6.45, 7) is 0.00128. The van der Waals surface area contributed by atoms with E-state index in [1.165, 1.54) is 24.3 Å². The van der Waals surface area contributed by atoms with Crippen molar-refractivity contribution in [3.8, 4) is 0 Å². The molecular formula is C23H20N2O5S. The van der Waals surface area contributed by atoms with Crippen molar-refractivity contribution in [3.05, 3.63) is 101 Å². The molecule has 2 N–H and O–H groups in total. The van der Waals surface area contributed by atoms with Crippen LogP contribution < -0.4 is 5.48 Å². The van der Waals surface area contributed by atoms with E-state index in [-0.39, 0.29) is 23.6 Å². The summed E-state index contributed by atoms with van der Waals surface area (Å²) in [5.41, 5.74) is 4.08. The van der Waals surface area contributed by atoms with Gasteiger partial charge in [0, 0.05) is 17.7 Å². The molecule has 1 aliphatic heterocycles. The molecule has 1 aliphatic rings. The van der Waals surface area contributed by atoms with Crippen LogP contribution in [-0.4, -0.2) is 35.7 Å². The summed E-state index contributed by atoms with van der Waals surface area (Å²) in [6.07, 6.45) is 0.145. The molecule has 0 saturated carbocycles. The van der Waals surface area contributed by atoms with Crippen molar-refractivity contribution in [2.45, 2.75) is 23.9 Å². The Kier molecular flexibility index (Phi) is 5.69. The third kappa shape index (κ3) is 4.00. The van der Waals surface area contributed by atoms with E-state index in [4.69, 9.17) is 5.21 Å². The average Bonchev–Trinajstić information content (AvgIpc) is 2.82. The van der Waals surface area contributed by atoms with Gasteiger partial charge >= 0.3 is 0 Å². The summed E-state index contributed by atoms with van der Waals surface area (Å²) in [7, 11) is -4.07. The highest BCUT2D eigenvalue weighted by molar-refractivity contribution is 7.89. The van der Waals surface area contributed by atoms with Gasteiger partial charge in [0.25, 0.3) is 5.91 Å². The summed E-state index contributed by atoms with van der Waals surface area (Å²) in [5.74, 6) is -1.01. The zero-order chi connectivity index (χ0) is 22.0. The summed E-state index contributed by atoms with van der Waals surface area (Å²) in [5, 5.41) is 9.14. The molecule has 0 fully saturated rings. The fourth-order valence-corrected chi connectivity index (χ4v) is 5.28. The summed E-state index contributed by atoms with van der Waals surface area (Å²) in [4.78, 5) is 24.8. The maximum Gasteiger partial charge on any atom is 0.262 e. The van der Waals surface area contributed by atoms with E-state index in [1.54, 1.807) is 35.8 Å². The van der Waals surface area contributed by atoms with Crippen LogP contribution >= 0.6 is 0 Å². The molecule has 4 rings (SSSR count). The zero-order valence-electron chi connectivity index (χ0n) is 16.4. The van der Waals surface area contributed by atoms with Crippen molar-refractivity contribution in [3.63, 3.8) is 0 Å². The number of benzene rings is 3. The number of sulfonamides is 1. The Bertz CT molecular complexity index is 1220. The molecule has 1 atom stereocenters. The quantitative estimate of drug-likeness (QED) is 0.363. The Morgan fingerprint density at radius 3 is 2.06 bits per heavy atom. The Morgan fingerprint density at radius 1 is 0.839 bits per heavy atom. The second-order valence-corrected chi connectivity index (χ2v) is 9.13.